The van der Waals surface area contributed by atoms with Crippen LogP contribution >= 0.6 is 11.6 Å². The summed E-state index contributed by atoms with van der Waals surface area (Å²) in [5.74, 6) is -0.958. The summed E-state index contributed by atoms with van der Waals surface area (Å²) in [6, 6.07) is 11.5. The maximum atomic E-state index is 11.9. The number of halogens is 1. The molecule has 2 aromatic carbocycles. The first kappa shape index (κ1) is 18.8. The summed E-state index contributed by atoms with van der Waals surface area (Å²) in [6.45, 7) is 2.92. The van der Waals surface area contributed by atoms with Crippen molar-refractivity contribution in [2.45, 2.75) is 19.9 Å². The van der Waals surface area contributed by atoms with E-state index in [1.807, 2.05) is 0 Å². The molecule has 0 aliphatic heterocycles. The quantitative estimate of drug-likeness (QED) is 0.474. The van der Waals surface area contributed by atoms with Crippen LogP contribution in [0.25, 0.3) is 0 Å². The van der Waals surface area contributed by atoms with E-state index in [0.717, 1.165) is 0 Å². The van der Waals surface area contributed by atoms with Gasteiger partial charge in [0.05, 0.1) is 35.1 Å². The van der Waals surface area contributed by atoms with Crippen LogP contribution in [0.3, 0.4) is 0 Å². The van der Waals surface area contributed by atoms with Crippen molar-refractivity contribution in [2.24, 2.45) is 0 Å². The van der Waals surface area contributed by atoms with Crippen LogP contribution in [-0.4, -0.2) is 29.3 Å². The molecule has 25 heavy (non-hydrogen) atoms. The van der Waals surface area contributed by atoms with Gasteiger partial charge in [0.2, 0.25) is 5.91 Å². The van der Waals surface area contributed by atoms with Crippen LogP contribution in [0.1, 0.15) is 35.8 Å². The molecule has 6 nitrogen and oxygen atoms in total. The van der Waals surface area contributed by atoms with Gasteiger partial charge in [-0.25, -0.2) is 9.86 Å². The first-order chi connectivity index (χ1) is 11.9. The van der Waals surface area contributed by atoms with E-state index in [0.29, 0.717) is 32.6 Å². The lowest BCUT2D eigenvalue weighted by molar-refractivity contribution is -0.172. The second-order valence-electron chi connectivity index (χ2n) is 5.41. The average Bonchev–Trinajstić information content (AvgIpc) is 2.62. The number of rotatable bonds is 5. The second-order valence-corrected chi connectivity index (χ2v) is 5.79. The van der Waals surface area contributed by atoms with Gasteiger partial charge in [-0.3, -0.25) is 10.0 Å². The Labute approximate surface area is 150 Å². The van der Waals surface area contributed by atoms with Crippen molar-refractivity contribution in [1.29, 1.82) is 0 Å². The van der Waals surface area contributed by atoms with E-state index in [2.05, 4.69) is 5.32 Å². The molecule has 2 rings (SSSR count). The summed E-state index contributed by atoms with van der Waals surface area (Å²) in [7, 11) is 1.31. The number of para-hydroxylation sites is 1. The van der Waals surface area contributed by atoms with E-state index in [9.17, 15) is 14.8 Å². The van der Waals surface area contributed by atoms with Crippen molar-refractivity contribution in [3.8, 4) is 0 Å². The summed E-state index contributed by atoms with van der Waals surface area (Å²) < 4.78 is 4.78. The monoisotopic (exact) mass is 362 g/mol. The molecule has 0 radical (unpaired) electrons. The van der Waals surface area contributed by atoms with Crippen LogP contribution in [0.15, 0.2) is 42.5 Å². The minimum Gasteiger partial charge on any atom is -0.465 e. The number of hydrogen-bond donors (Lipinski definition) is 2. The number of hydroxylamine groups is 2. The Morgan fingerprint density at radius 2 is 1.80 bits per heavy atom. The molecule has 132 valence electrons. The van der Waals surface area contributed by atoms with E-state index in [1.54, 1.807) is 49.4 Å². The minimum atomic E-state index is -0.623. The van der Waals surface area contributed by atoms with Crippen LogP contribution in [0, 0.1) is 0 Å². The number of methoxy groups -OCH3 is 1. The molecule has 1 unspecified atom stereocenters. The lowest BCUT2D eigenvalue weighted by atomic mass is 10.1. The Balaban J connectivity index is 2.38. The lowest BCUT2D eigenvalue weighted by Gasteiger charge is -2.23. The van der Waals surface area contributed by atoms with Gasteiger partial charge in [0.15, 0.2) is 0 Å². The molecule has 1 amide bonds. The van der Waals surface area contributed by atoms with E-state index < -0.39 is 17.9 Å². The predicted molar refractivity (Wildman–Crippen MR) is 95.2 cm³/mol. The molecule has 0 aliphatic carbocycles. The molecule has 0 bridgehead atoms. The van der Waals surface area contributed by atoms with Gasteiger partial charge < -0.3 is 10.1 Å². The molecule has 0 saturated carbocycles. The molecule has 0 heterocycles. The third-order valence-electron chi connectivity index (χ3n) is 3.77. The van der Waals surface area contributed by atoms with Gasteiger partial charge in [0, 0.05) is 6.92 Å². The molecule has 0 aromatic heterocycles. The third kappa shape index (κ3) is 4.10. The molecule has 7 heteroatoms. The zero-order valence-electron chi connectivity index (χ0n) is 14.1. The largest absolute Gasteiger partial charge is 0.465 e. The highest BCUT2D eigenvalue weighted by Crippen LogP contribution is 2.34. The van der Waals surface area contributed by atoms with Crippen molar-refractivity contribution in [1.82, 2.24) is 5.06 Å². The number of nitrogens with zero attached hydrogens (tertiary/aromatic N) is 1. The number of benzene rings is 2. The molecule has 0 spiro atoms. The zero-order chi connectivity index (χ0) is 18.6. The summed E-state index contributed by atoms with van der Waals surface area (Å²) >= 11 is 6.44. The van der Waals surface area contributed by atoms with Gasteiger partial charge in [-0.1, -0.05) is 35.9 Å². The first-order valence-electron chi connectivity index (χ1n) is 7.58. The number of amides is 1. The fourth-order valence-corrected chi connectivity index (χ4v) is 2.73. The Kier molecular flexibility index (Phi) is 6.01. The number of hydrogen-bond acceptors (Lipinski definition) is 5. The minimum absolute atomic E-state index is 0.343. The van der Waals surface area contributed by atoms with Crippen LogP contribution in [0.2, 0.25) is 5.02 Å². The number of nitrogens with one attached hydrogen (secondary N) is 1. The standard InChI is InChI=1S/C18H19ClN2O4/c1-11(21(24)12(2)22)13-8-6-10-16(17(13)19)20-15-9-5-4-7-14(15)18(23)25-3/h4-11,20,24H,1-3H3. The Morgan fingerprint density at radius 1 is 1.16 bits per heavy atom. The van der Waals surface area contributed by atoms with Crippen molar-refractivity contribution in [3.63, 3.8) is 0 Å². The van der Waals surface area contributed by atoms with Crippen LogP contribution in [0.5, 0.6) is 0 Å². The van der Waals surface area contributed by atoms with E-state index in [-0.39, 0.29) is 0 Å². The Hall–Kier alpha value is -2.57. The fourth-order valence-electron chi connectivity index (χ4n) is 2.40. The smallest absolute Gasteiger partial charge is 0.339 e. The zero-order valence-corrected chi connectivity index (χ0v) is 14.9. The number of carbonyl (C=O) groups excluding carboxylic acids is 2. The third-order valence-corrected chi connectivity index (χ3v) is 4.19. The molecule has 0 aliphatic rings. The summed E-state index contributed by atoms with van der Waals surface area (Å²) in [5.41, 5.74) is 2.01. The number of esters is 1. The normalized spacial score (nSPS) is 11.6. The van der Waals surface area contributed by atoms with Crippen molar-refractivity contribution in [2.75, 3.05) is 12.4 Å². The Morgan fingerprint density at radius 3 is 2.44 bits per heavy atom. The second kappa shape index (κ2) is 8.00. The molecule has 2 N–H and O–H groups in total. The molecule has 1 atom stereocenters. The first-order valence-corrected chi connectivity index (χ1v) is 7.96. The van der Waals surface area contributed by atoms with Gasteiger partial charge in [-0.2, -0.15) is 0 Å². The van der Waals surface area contributed by atoms with Gasteiger partial charge in [0.1, 0.15) is 0 Å². The fraction of sp³-hybridized carbons (Fsp3) is 0.222. The van der Waals surface area contributed by atoms with Crippen molar-refractivity contribution >= 4 is 34.9 Å². The number of carbonyl (C=O) groups is 2. The highest BCUT2D eigenvalue weighted by Gasteiger charge is 2.21. The highest BCUT2D eigenvalue weighted by atomic mass is 35.5. The summed E-state index contributed by atoms with van der Waals surface area (Å²) in [4.78, 5) is 23.2. The molecular formula is C18H19ClN2O4. The van der Waals surface area contributed by atoms with Crippen LogP contribution in [-0.2, 0) is 9.53 Å². The lowest BCUT2D eigenvalue weighted by Crippen LogP contribution is -2.28. The molecule has 2 aromatic rings. The van der Waals surface area contributed by atoms with Gasteiger partial charge in [0.25, 0.3) is 0 Å². The summed E-state index contributed by atoms with van der Waals surface area (Å²) in [5, 5.41) is 13.9. The number of anilines is 2. The maximum Gasteiger partial charge on any atom is 0.339 e. The SMILES string of the molecule is COC(=O)c1ccccc1Nc1cccc(C(C)N(O)C(C)=O)c1Cl. The maximum absolute atomic E-state index is 11.9. The van der Waals surface area contributed by atoms with E-state index >= 15 is 0 Å². The van der Waals surface area contributed by atoms with Crippen LogP contribution < -0.4 is 5.32 Å². The van der Waals surface area contributed by atoms with E-state index in [4.69, 9.17) is 16.3 Å². The molecule has 0 saturated heterocycles. The number of ether oxygens (including phenoxy) is 1. The van der Waals surface area contributed by atoms with Crippen molar-refractivity contribution in [3.05, 3.63) is 58.6 Å². The van der Waals surface area contributed by atoms with Gasteiger partial charge >= 0.3 is 5.97 Å². The van der Waals surface area contributed by atoms with Gasteiger partial charge in [-0.05, 0) is 30.7 Å². The Bertz CT molecular complexity index is 794. The average molecular weight is 363 g/mol. The van der Waals surface area contributed by atoms with Gasteiger partial charge in [-0.15, -0.1) is 0 Å². The predicted octanol–water partition coefficient (Wildman–Crippen LogP) is 4.17. The topological polar surface area (TPSA) is 78.9 Å². The van der Waals surface area contributed by atoms with Crippen molar-refractivity contribution < 1.29 is 19.5 Å². The molecular weight excluding hydrogens is 344 g/mol. The highest BCUT2D eigenvalue weighted by molar-refractivity contribution is 6.34. The molecule has 0 fully saturated rings. The summed E-state index contributed by atoms with van der Waals surface area (Å²) in [6.07, 6.45) is 0. The van der Waals surface area contributed by atoms with E-state index in [1.165, 1.54) is 14.0 Å². The van der Waals surface area contributed by atoms with Crippen LogP contribution in [0.4, 0.5) is 11.4 Å².